The fraction of sp³-hybridized carbons (Fsp3) is 0.500. The SMILES string of the molecule is COn1cc(F)c2c(c1=O)CCCC2. The smallest absolute Gasteiger partial charge is 0.286 e. The third-order valence-electron chi connectivity index (χ3n) is 2.64. The Kier molecular flexibility index (Phi) is 2.27. The first-order valence-corrected chi connectivity index (χ1v) is 4.71. The van der Waals surface area contributed by atoms with Crippen LogP contribution >= 0.6 is 0 Å². The summed E-state index contributed by atoms with van der Waals surface area (Å²) in [7, 11) is 1.36. The van der Waals surface area contributed by atoms with Crippen LogP contribution in [0, 0.1) is 5.82 Å². The Hall–Kier alpha value is -1.32. The first-order valence-electron chi connectivity index (χ1n) is 4.71. The van der Waals surface area contributed by atoms with Crippen LogP contribution in [0.25, 0.3) is 0 Å². The zero-order chi connectivity index (χ0) is 10.1. The molecular formula is C10H12FNO2. The van der Waals surface area contributed by atoms with Crippen LogP contribution in [0.1, 0.15) is 24.0 Å². The number of fused-ring (bicyclic) bond motifs is 1. The van der Waals surface area contributed by atoms with Crippen LogP contribution in [0.15, 0.2) is 11.0 Å². The Bertz CT molecular complexity index is 411. The van der Waals surface area contributed by atoms with Gasteiger partial charge in [-0.3, -0.25) is 4.79 Å². The lowest BCUT2D eigenvalue weighted by Gasteiger charge is -2.16. The van der Waals surface area contributed by atoms with Gasteiger partial charge in [0.15, 0.2) is 0 Å². The molecule has 1 aliphatic rings. The quantitative estimate of drug-likeness (QED) is 0.670. The van der Waals surface area contributed by atoms with E-state index in [1.807, 2.05) is 0 Å². The standard InChI is InChI=1S/C10H12FNO2/c1-14-12-6-9(11)7-4-2-3-5-8(7)10(12)13/h6H,2-5H2,1H3. The van der Waals surface area contributed by atoms with E-state index in [1.54, 1.807) is 0 Å². The summed E-state index contributed by atoms with van der Waals surface area (Å²) in [4.78, 5) is 16.4. The van der Waals surface area contributed by atoms with Crippen molar-refractivity contribution in [2.75, 3.05) is 7.11 Å². The first-order chi connectivity index (χ1) is 6.74. The van der Waals surface area contributed by atoms with Crippen molar-refractivity contribution in [2.24, 2.45) is 0 Å². The molecule has 0 N–H and O–H groups in total. The van der Waals surface area contributed by atoms with Crippen LogP contribution in [0.3, 0.4) is 0 Å². The average molecular weight is 197 g/mol. The van der Waals surface area contributed by atoms with Crippen LogP contribution in [0.2, 0.25) is 0 Å². The first kappa shape index (κ1) is 9.24. The van der Waals surface area contributed by atoms with Crippen molar-refractivity contribution < 1.29 is 9.23 Å². The highest BCUT2D eigenvalue weighted by atomic mass is 19.1. The number of hydrogen-bond donors (Lipinski definition) is 0. The van der Waals surface area contributed by atoms with Gasteiger partial charge in [-0.1, -0.05) is 0 Å². The van der Waals surface area contributed by atoms with Gasteiger partial charge in [0.25, 0.3) is 5.56 Å². The maximum atomic E-state index is 13.5. The molecule has 2 rings (SSSR count). The summed E-state index contributed by atoms with van der Waals surface area (Å²) < 4.78 is 14.4. The summed E-state index contributed by atoms with van der Waals surface area (Å²) in [5, 5.41) is 0. The van der Waals surface area contributed by atoms with E-state index in [0.29, 0.717) is 24.0 Å². The Balaban J connectivity index is 2.65. The predicted octanol–water partition coefficient (Wildman–Crippen LogP) is 0.925. The van der Waals surface area contributed by atoms with Crippen molar-refractivity contribution in [2.45, 2.75) is 25.7 Å². The number of nitrogens with zero attached hydrogens (tertiary/aromatic N) is 1. The average Bonchev–Trinajstić information content (AvgIpc) is 2.23. The van der Waals surface area contributed by atoms with Gasteiger partial charge in [0.1, 0.15) is 12.9 Å². The zero-order valence-corrected chi connectivity index (χ0v) is 8.05. The zero-order valence-electron chi connectivity index (χ0n) is 8.05. The molecule has 1 aromatic rings. The highest BCUT2D eigenvalue weighted by Crippen LogP contribution is 2.20. The Morgan fingerprint density at radius 2 is 2.00 bits per heavy atom. The van der Waals surface area contributed by atoms with Crippen molar-refractivity contribution >= 4 is 0 Å². The second kappa shape index (κ2) is 3.44. The summed E-state index contributed by atoms with van der Waals surface area (Å²) in [5.74, 6) is -0.332. The minimum atomic E-state index is -0.332. The number of rotatable bonds is 1. The largest absolute Gasteiger partial charge is 0.414 e. The monoisotopic (exact) mass is 197 g/mol. The Labute approximate surface area is 81.1 Å². The molecule has 0 aliphatic heterocycles. The van der Waals surface area contributed by atoms with Crippen LogP contribution in [-0.4, -0.2) is 11.8 Å². The van der Waals surface area contributed by atoms with Crippen LogP contribution in [-0.2, 0) is 12.8 Å². The third-order valence-corrected chi connectivity index (χ3v) is 2.64. The van der Waals surface area contributed by atoms with E-state index < -0.39 is 0 Å². The van der Waals surface area contributed by atoms with Gasteiger partial charge in [-0.25, -0.2) is 4.39 Å². The minimum absolute atomic E-state index is 0.219. The highest BCUT2D eigenvalue weighted by Gasteiger charge is 2.18. The Morgan fingerprint density at radius 1 is 1.36 bits per heavy atom. The molecule has 0 atom stereocenters. The van der Waals surface area contributed by atoms with Gasteiger partial charge in [0.2, 0.25) is 0 Å². The molecule has 0 unspecified atom stereocenters. The van der Waals surface area contributed by atoms with E-state index in [-0.39, 0.29) is 11.4 Å². The van der Waals surface area contributed by atoms with Gasteiger partial charge in [0, 0.05) is 5.56 Å². The topological polar surface area (TPSA) is 31.2 Å². The van der Waals surface area contributed by atoms with E-state index in [9.17, 15) is 9.18 Å². The summed E-state index contributed by atoms with van der Waals surface area (Å²) in [5.41, 5.74) is 0.941. The Morgan fingerprint density at radius 3 is 2.64 bits per heavy atom. The number of halogens is 1. The van der Waals surface area contributed by atoms with E-state index in [4.69, 9.17) is 4.84 Å². The highest BCUT2D eigenvalue weighted by molar-refractivity contribution is 5.27. The molecule has 4 heteroatoms. The lowest BCUT2D eigenvalue weighted by molar-refractivity contribution is 0.152. The fourth-order valence-corrected chi connectivity index (χ4v) is 1.91. The molecular weight excluding hydrogens is 185 g/mol. The van der Waals surface area contributed by atoms with Crippen LogP contribution in [0.5, 0.6) is 0 Å². The van der Waals surface area contributed by atoms with Crippen LogP contribution < -0.4 is 10.4 Å². The van der Waals surface area contributed by atoms with E-state index in [1.165, 1.54) is 7.11 Å². The van der Waals surface area contributed by atoms with Gasteiger partial charge in [0.05, 0.1) is 6.20 Å². The molecule has 1 aromatic heterocycles. The molecule has 0 radical (unpaired) electrons. The van der Waals surface area contributed by atoms with Gasteiger partial charge in [-0.2, -0.15) is 0 Å². The number of hydrogen-bond acceptors (Lipinski definition) is 2. The number of aromatic nitrogens is 1. The maximum Gasteiger partial charge on any atom is 0.286 e. The van der Waals surface area contributed by atoms with E-state index >= 15 is 0 Å². The molecule has 0 spiro atoms. The van der Waals surface area contributed by atoms with Crippen molar-refractivity contribution in [1.29, 1.82) is 0 Å². The molecule has 0 bridgehead atoms. The number of pyridine rings is 1. The predicted molar refractivity (Wildman–Crippen MR) is 49.8 cm³/mol. The second-order valence-corrected chi connectivity index (χ2v) is 3.45. The molecule has 0 aromatic carbocycles. The van der Waals surface area contributed by atoms with Crippen LogP contribution in [0.4, 0.5) is 4.39 Å². The van der Waals surface area contributed by atoms with Crippen molar-refractivity contribution in [3.05, 3.63) is 33.5 Å². The van der Waals surface area contributed by atoms with Crippen molar-refractivity contribution in [3.63, 3.8) is 0 Å². The van der Waals surface area contributed by atoms with Gasteiger partial charge in [-0.15, -0.1) is 4.73 Å². The summed E-state index contributed by atoms with van der Waals surface area (Å²) in [6.07, 6.45) is 4.36. The second-order valence-electron chi connectivity index (χ2n) is 3.45. The molecule has 0 saturated heterocycles. The molecule has 1 heterocycles. The van der Waals surface area contributed by atoms with Gasteiger partial charge < -0.3 is 4.84 Å². The van der Waals surface area contributed by atoms with E-state index in [2.05, 4.69) is 0 Å². The van der Waals surface area contributed by atoms with Crippen molar-refractivity contribution in [1.82, 2.24) is 4.73 Å². The summed E-state index contributed by atoms with van der Waals surface area (Å²) in [6, 6.07) is 0. The summed E-state index contributed by atoms with van der Waals surface area (Å²) in [6.45, 7) is 0. The molecule has 1 aliphatic carbocycles. The minimum Gasteiger partial charge on any atom is -0.414 e. The molecule has 14 heavy (non-hydrogen) atoms. The fourth-order valence-electron chi connectivity index (χ4n) is 1.91. The summed E-state index contributed by atoms with van der Waals surface area (Å²) >= 11 is 0. The normalized spacial score (nSPS) is 15.0. The molecule has 76 valence electrons. The van der Waals surface area contributed by atoms with Gasteiger partial charge in [-0.05, 0) is 31.2 Å². The lowest BCUT2D eigenvalue weighted by Crippen LogP contribution is -2.31. The van der Waals surface area contributed by atoms with Crippen molar-refractivity contribution in [3.8, 4) is 0 Å². The molecule has 0 fully saturated rings. The molecule has 0 amide bonds. The van der Waals surface area contributed by atoms with E-state index in [0.717, 1.165) is 23.8 Å². The lowest BCUT2D eigenvalue weighted by atomic mass is 9.93. The maximum absolute atomic E-state index is 13.5. The molecule has 3 nitrogen and oxygen atoms in total. The molecule has 0 saturated carbocycles. The van der Waals surface area contributed by atoms with Gasteiger partial charge >= 0.3 is 0 Å². The third kappa shape index (κ3) is 1.31.